The van der Waals surface area contributed by atoms with Crippen molar-refractivity contribution < 1.29 is 14.3 Å². The van der Waals surface area contributed by atoms with Gasteiger partial charge in [-0.2, -0.15) is 0 Å². The first-order chi connectivity index (χ1) is 11.6. The van der Waals surface area contributed by atoms with Gasteiger partial charge in [0.15, 0.2) is 0 Å². The smallest absolute Gasteiger partial charge is 0.251 e. The van der Waals surface area contributed by atoms with Crippen molar-refractivity contribution in [2.24, 2.45) is 0 Å². The summed E-state index contributed by atoms with van der Waals surface area (Å²) in [5.74, 6) is 0.416. The molecule has 0 bridgehead atoms. The van der Waals surface area contributed by atoms with E-state index in [9.17, 15) is 9.59 Å². The number of benzene rings is 2. The lowest BCUT2D eigenvalue weighted by molar-refractivity contribution is -0.121. The molecule has 1 unspecified atom stereocenters. The number of halogens is 1. The highest BCUT2D eigenvalue weighted by Gasteiger charge is 2.39. The summed E-state index contributed by atoms with van der Waals surface area (Å²) in [5, 5.41) is 3.17. The van der Waals surface area contributed by atoms with E-state index in [1.807, 2.05) is 36.4 Å². The number of hydrogen-bond donors (Lipinski definition) is 1. The second-order valence-corrected chi connectivity index (χ2v) is 6.78. The molecule has 2 amide bonds. The fourth-order valence-electron chi connectivity index (χ4n) is 2.64. The van der Waals surface area contributed by atoms with Crippen LogP contribution in [-0.4, -0.2) is 25.0 Å². The zero-order chi connectivity index (χ0) is 17.1. The standard InChI is InChI=1S/C18H17IN2O3/c1-24-15-8-2-12(3-9-15)11-20-16-10-17(22)21(18(16)23)14-6-4-13(19)5-7-14/h2-9,16,20H,10-11H2,1H3. The van der Waals surface area contributed by atoms with Gasteiger partial charge in [0.05, 0.1) is 25.3 Å². The first-order valence-electron chi connectivity index (χ1n) is 7.57. The summed E-state index contributed by atoms with van der Waals surface area (Å²) in [4.78, 5) is 26.0. The van der Waals surface area contributed by atoms with Crippen LogP contribution in [0.3, 0.4) is 0 Å². The molecule has 5 nitrogen and oxygen atoms in total. The molecular weight excluding hydrogens is 419 g/mol. The topological polar surface area (TPSA) is 58.6 Å². The van der Waals surface area contributed by atoms with Gasteiger partial charge in [-0.25, -0.2) is 4.90 Å². The van der Waals surface area contributed by atoms with Gasteiger partial charge in [-0.05, 0) is 64.6 Å². The maximum absolute atomic E-state index is 12.5. The Kier molecular flexibility index (Phi) is 5.15. The van der Waals surface area contributed by atoms with Crippen LogP contribution < -0.4 is 15.0 Å². The summed E-state index contributed by atoms with van der Waals surface area (Å²) in [6.07, 6.45) is 0.182. The average molecular weight is 436 g/mol. The van der Waals surface area contributed by atoms with Crippen LogP contribution in [0, 0.1) is 3.57 Å². The second kappa shape index (κ2) is 7.31. The van der Waals surface area contributed by atoms with Crippen molar-refractivity contribution in [3.63, 3.8) is 0 Å². The zero-order valence-electron chi connectivity index (χ0n) is 13.2. The molecule has 0 aromatic heterocycles. The van der Waals surface area contributed by atoms with Gasteiger partial charge in [0.1, 0.15) is 5.75 Å². The van der Waals surface area contributed by atoms with Gasteiger partial charge in [-0.1, -0.05) is 12.1 Å². The Morgan fingerprint density at radius 2 is 1.79 bits per heavy atom. The molecule has 1 fully saturated rings. The van der Waals surface area contributed by atoms with Crippen molar-refractivity contribution in [2.45, 2.75) is 19.0 Å². The number of hydrogen-bond acceptors (Lipinski definition) is 4. The summed E-state index contributed by atoms with van der Waals surface area (Å²) in [7, 11) is 1.62. The van der Waals surface area contributed by atoms with E-state index in [0.29, 0.717) is 12.2 Å². The molecule has 3 rings (SSSR count). The zero-order valence-corrected chi connectivity index (χ0v) is 15.3. The molecule has 0 aliphatic carbocycles. The van der Waals surface area contributed by atoms with Crippen molar-refractivity contribution in [3.8, 4) is 5.75 Å². The monoisotopic (exact) mass is 436 g/mol. The highest BCUT2D eigenvalue weighted by atomic mass is 127. The molecule has 24 heavy (non-hydrogen) atoms. The number of imide groups is 1. The SMILES string of the molecule is COc1ccc(CNC2CC(=O)N(c3ccc(I)cc3)C2=O)cc1. The molecule has 1 saturated heterocycles. The van der Waals surface area contributed by atoms with Gasteiger partial charge < -0.3 is 10.1 Å². The van der Waals surface area contributed by atoms with E-state index in [4.69, 9.17) is 4.74 Å². The van der Waals surface area contributed by atoms with Crippen molar-refractivity contribution in [2.75, 3.05) is 12.0 Å². The number of nitrogens with zero attached hydrogens (tertiary/aromatic N) is 1. The first-order valence-corrected chi connectivity index (χ1v) is 8.65. The molecule has 1 heterocycles. The predicted octanol–water partition coefficient (Wildman–Crippen LogP) is 2.72. The van der Waals surface area contributed by atoms with Gasteiger partial charge in [0, 0.05) is 10.1 Å². The molecular formula is C18H17IN2O3. The Hall–Kier alpha value is -1.93. The van der Waals surface area contributed by atoms with Crippen molar-refractivity contribution in [1.29, 1.82) is 0 Å². The molecule has 1 N–H and O–H groups in total. The number of anilines is 1. The average Bonchev–Trinajstić information content (AvgIpc) is 2.88. The fourth-order valence-corrected chi connectivity index (χ4v) is 3.00. The van der Waals surface area contributed by atoms with Crippen LogP contribution in [0.1, 0.15) is 12.0 Å². The van der Waals surface area contributed by atoms with E-state index in [0.717, 1.165) is 14.9 Å². The van der Waals surface area contributed by atoms with Crippen molar-refractivity contribution in [3.05, 3.63) is 57.7 Å². The normalized spacial score (nSPS) is 17.4. The maximum Gasteiger partial charge on any atom is 0.251 e. The lowest BCUT2D eigenvalue weighted by atomic mass is 10.2. The van der Waals surface area contributed by atoms with Gasteiger partial charge in [-0.3, -0.25) is 9.59 Å². The third-order valence-electron chi connectivity index (χ3n) is 3.94. The van der Waals surface area contributed by atoms with E-state index < -0.39 is 6.04 Å². The number of carbonyl (C=O) groups is 2. The highest BCUT2D eigenvalue weighted by molar-refractivity contribution is 14.1. The van der Waals surface area contributed by atoms with Crippen LogP contribution in [0.2, 0.25) is 0 Å². The molecule has 124 valence electrons. The summed E-state index contributed by atoms with van der Waals surface area (Å²) >= 11 is 2.19. The number of ether oxygens (including phenoxy) is 1. The van der Waals surface area contributed by atoms with Crippen LogP contribution in [0.5, 0.6) is 5.75 Å². The second-order valence-electron chi connectivity index (χ2n) is 5.53. The molecule has 1 atom stereocenters. The molecule has 1 aliphatic heterocycles. The number of methoxy groups -OCH3 is 1. The van der Waals surface area contributed by atoms with E-state index >= 15 is 0 Å². The largest absolute Gasteiger partial charge is 0.497 e. The van der Waals surface area contributed by atoms with Crippen LogP contribution in [0.25, 0.3) is 0 Å². The van der Waals surface area contributed by atoms with E-state index in [1.54, 1.807) is 19.2 Å². The summed E-state index contributed by atoms with van der Waals surface area (Å²) in [6, 6.07) is 14.5. The Morgan fingerprint density at radius 1 is 1.12 bits per heavy atom. The number of amides is 2. The van der Waals surface area contributed by atoms with Crippen LogP contribution >= 0.6 is 22.6 Å². The van der Waals surface area contributed by atoms with Gasteiger partial charge in [0.2, 0.25) is 5.91 Å². The number of rotatable bonds is 5. The minimum Gasteiger partial charge on any atom is -0.497 e. The minimum atomic E-state index is -0.487. The lowest BCUT2D eigenvalue weighted by Crippen LogP contribution is -2.38. The van der Waals surface area contributed by atoms with E-state index in [1.165, 1.54) is 4.90 Å². The van der Waals surface area contributed by atoms with Gasteiger partial charge in [-0.15, -0.1) is 0 Å². The van der Waals surface area contributed by atoms with Crippen LogP contribution in [0.15, 0.2) is 48.5 Å². The highest BCUT2D eigenvalue weighted by Crippen LogP contribution is 2.24. The summed E-state index contributed by atoms with van der Waals surface area (Å²) in [6.45, 7) is 0.522. The van der Waals surface area contributed by atoms with Gasteiger partial charge >= 0.3 is 0 Å². The van der Waals surface area contributed by atoms with Gasteiger partial charge in [0.25, 0.3) is 5.91 Å². The van der Waals surface area contributed by atoms with Crippen molar-refractivity contribution >= 4 is 40.1 Å². The Labute approximate surface area is 154 Å². The third kappa shape index (κ3) is 3.59. The minimum absolute atomic E-state index is 0.173. The molecule has 2 aromatic carbocycles. The molecule has 6 heteroatoms. The first kappa shape index (κ1) is 16.9. The molecule has 0 saturated carbocycles. The third-order valence-corrected chi connectivity index (χ3v) is 4.66. The predicted molar refractivity (Wildman–Crippen MR) is 99.9 cm³/mol. The lowest BCUT2D eigenvalue weighted by Gasteiger charge is -2.15. The Morgan fingerprint density at radius 3 is 2.42 bits per heavy atom. The number of nitrogens with one attached hydrogen (secondary N) is 1. The molecule has 2 aromatic rings. The van der Waals surface area contributed by atoms with Crippen LogP contribution in [-0.2, 0) is 16.1 Å². The van der Waals surface area contributed by atoms with E-state index in [-0.39, 0.29) is 18.2 Å². The fraction of sp³-hybridized carbons (Fsp3) is 0.222. The summed E-state index contributed by atoms with van der Waals surface area (Å²) in [5.41, 5.74) is 1.66. The summed E-state index contributed by atoms with van der Waals surface area (Å²) < 4.78 is 6.18. The quantitative estimate of drug-likeness (QED) is 0.579. The molecule has 0 radical (unpaired) electrons. The molecule has 0 spiro atoms. The maximum atomic E-state index is 12.5. The Bertz CT molecular complexity index is 744. The number of carbonyl (C=O) groups excluding carboxylic acids is 2. The van der Waals surface area contributed by atoms with Crippen LogP contribution in [0.4, 0.5) is 5.69 Å². The Balaban J connectivity index is 1.66. The van der Waals surface area contributed by atoms with Crippen molar-refractivity contribution in [1.82, 2.24) is 5.32 Å². The molecule has 1 aliphatic rings. The van der Waals surface area contributed by atoms with E-state index in [2.05, 4.69) is 27.9 Å².